The Morgan fingerprint density at radius 1 is 1.07 bits per heavy atom. The molecule has 1 amide bonds. The zero-order chi connectivity index (χ0) is 19.2. The lowest BCUT2D eigenvalue weighted by atomic mass is 10.0. The van der Waals surface area contributed by atoms with E-state index in [1.54, 1.807) is 19.1 Å². The number of hydrogen-bond acceptors (Lipinski definition) is 4. The van der Waals surface area contributed by atoms with Crippen LogP contribution >= 0.6 is 0 Å². The summed E-state index contributed by atoms with van der Waals surface area (Å²) in [6.07, 6.45) is 5.01. The highest BCUT2D eigenvalue weighted by Crippen LogP contribution is 2.27. The maximum absolute atomic E-state index is 12.3. The molecule has 5 nitrogen and oxygen atoms in total. The minimum absolute atomic E-state index is 0.188. The van der Waals surface area contributed by atoms with Crippen molar-refractivity contribution in [3.63, 3.8) is 0 Å². The molecule has 0 spiro atoms. The maximum Gasteiger partial charge on any atom is 0.306 e. The zero-order valence-electron chi connectivity index (χ0n) is 16.1. The van der Waals surface area contributed by atoms with Gasteiger partial charge in [-0.15, -0.1) is 0 Å². The molecule has 3 rings (SSSR count). The second-order valence-corrected chi connectivity index (χ2v) is 7.31. The maximum atomic E-state index is 12.3. The lowest BCUT2D eigenvalue weighted by molar-refractivity contribution is -0.152. The minimum atomic E-state index is -0.261. The molecule has 1 aliphatic rings. The molecule has 5 heteroatoms. The van der Waals surface area contributed by atoms with E-state index in [-0.39, 0.29) is 18.5 Å². The van der Waals surface area contributed by atoms with Crippen LogP contribution in [0.4, 0.5) is 0 Å². The molecule has 0 N–H and O–H groups in total. The summed E-state index contributed by atoms with van der Waals surface area (Å²) in [5, 5.41) is 2.19. The summed E-state index contributed by atoms with van der Waals surface area (Å²) < 4.78 is 10.4. The molecular weight excluding hydrogens is 342 g/mol. The first-order valence-corrected chi connectivity index (χ1v) is 9.51. The Kier molecular flexibility index (Phi) is 6.32. The highest BCUT2D eigenvalue weighted by atomic mass is 16.5. The van der Waals surface area contributed by atoms with Crippen LogP contribution in [0.1, 0.15) is 37.7 Å². The Morgan fingerprint density at radius 2 is 1.78 bits per heavy atom. The van der Waals surface area contributed by atoms with Gasteiger partial charge in [-0.3, -0.25) is 9.59 Å². The SMILES string of the molecule is COc1ccc2cc(CN(C)C(=O)COC(=O)CC3CCCC3)ccc2c1. The van der Waals surface area contributed by atoms with Crippen LogP contribution in [0.25, 0.3) is 10.8 Å². The highest BCUT2D eigenvalue weighted by molar-refractivity contribution is 5.85. The van der Waals surface area contributed by atoms with Crippen LogP contribution in [-0.2, 0) is 20.9 Å². The molecule has 2 aromatic carbocycles. The monoisotopic (exact) mass is 369 g/mol. The Labute approximate surface area is 160 Å². The van der Waals surface area contributed by atoms with E-state index >= 15 is 0 Å². The summed E-state index contributed by atoms with van der Waals surface area (Å²) in [4.78, 5) is 25.7. The van der Waals surface area contributed by atoms with Gasteiger partial charge in [-0.1, -0.05) is 31.0 Å². The van der Waals surface area contributed by atoms with Gasteiger partial charge in [-0.25, -0.2) is 0 Å². The average molecular weight is 369 g/mol. The minimum Gasteiger partial charge on any atom is -0.497 e. The van der Waals surface area contributed by atoms with E-state index in [9.17, 15) is 9.59 Å². The van der Waals surface area contributed by atoms with E-state index in [2.05, 4.69) is 6.07 Å². The first kappa shape index (κ1) is 19.2. The van der Waals surface area contributed by atoms with Gasteiger partial charge in [0.2, 0.25) is 0 Å². The predicted octanol–water partition coefficient (Wildman–Crippen LogP) is 3.93. The lowest BCUT2D eigenvalue weighted by Gasteiger charge is -2.18. The van der Waals surface area contributed by atoms with Gasteiger partial charge in [-0.2, -0.15) is 0 Å². The molecule has 1 saturated carbocycles. The van der Waals surface area contributed by atoms with E-state index in [4.69, 9.17) is 9.47 Å². The Morgan fingerprint density at radius 3 is 2.52 bits per heavy atom. The number of methoxy groups -OCH3 is 1. The van der Waals surface area contributed by atoms with Crippen LogP contribution in [0, 0.1) is 5.92 Å². The molecule has 0 unspecified atom stereocenters. The molecular formula is C22H27NO4. The Hall–Kier alpha value is -2.56. The second kappa shape index (κ2) is 8.89. The smallest absolute Gasteiger partial charge is 0.306 e. The van der Waals surface area contributed by atoms with E-state index in [0.717, 1.165) is 34.9 Å². The number of carbonyl (C=O) groups excluding carboxylic acids is 2. The molecule has 0 aromatic heterocycles. The Balaban J connectivity index is 1.51. The third-order valence-electron chi connectivity index (χ3n) is 5.24. The first-order chi connectivity index (χ1) is 13.0. The molecule has 0 aliphatic heterocycles. The summed E-state index contributed by atoms with van der Waals surface area (Å²) in [5.41, 5.74) is 1.03. The summed E-state index contributed by atoms with van der Waals surface area (Å²) in [7, 11) is 3.38. The van der Waals surface area contributed by atoms with Crippen molar-refractivity contribution in [1.29, 1.82) is 0 Å². The van der Waals surface area contributed by atoms with Crippen molar-refractivity contribution in [3.8, 4) is 5.75 Å². The number of carbonyl (C=O) groups is 2. The van der Waals surface area contributed by atoms with Gasteiger partial charge in [0, 0.05) is 20.0 Å². The van der Waals surface area contributed by atoms with Gasteiger partial charge in [0.05, 0.1) is 7.11 Å². The largest absolute Gasteiger partial charge is 0.497 e. The molecule has 0 heterocycles. The number of hydrogen-bond donors (Lipinski definition) is 0. The van der Waals surface area contributed by atoms with Crippen molar-refractivity contribution in [1.82, 2.24) is 4.90 Å². The van der Waals surface area contributed by atoms with Gasteiger partial charge in [0.15, 0.2) is 6.61 Å². The van der Waals surface area contributed by atoms with Gasteiger partial charge in [0.1, 0.15) is 5.75 Å². The fourth-order valence-electron chi connectivity index (χ4n) is 3.62. The number of esters is 1. The Bertz CT molecular complexity index is 811. The average Bonchev–Trinajstić information content (AvgIpc) is 3.18. The predicted molar refractivity (Wildman–Crippen MR) is 105 cm³/mol. The molecule has 0 saturated heterocycles. The third-order valence-corrected chi connectivity index (χ3v) is 5.24. The number of ether oxygens (including phenoxy) is 2. The van der Waals surface area contributed by atoms with E-state index in [0.29, 0.717) is 18.9 Å². The van der Waals surface area contributed by atoms with E-state index in [1.807, 2.05) is 30.3 Å². The summed E-state index contributed by atoms with van der Waals surface area (Å²) in [6.45, 7) is 0.286. The van der Waals surface area contributed by atoms with Crippen LogP contribution in [-0.4, -0.2) is 37.5 Å². The number of rotatable bonds is 7. The molecule has 1 aliphatic carbocycles. The van der Waals surface area contributed by atoms with Crippen LogP contribution in [0.15, 0.2) is 36.4 Å². The summed E-state index contributed by atoms with van der Waals surface area (Å²) in [5.74, 6) is 0.802. The van der Waals surface area contributed by atoms with Crippen molar-refractivity contribution in [2.24, 2.45) is 5.92 Å². The number of nitrogens with zero attached hydrogens (tertiary/aromatic N) is 1. The molecule has 0 atom stereocenters. The number of fused-ring (bicyclic) bond motifs is 1. The van der Waals surface area contributed by atoms with Crippen molar-refractivity contribution in [2.75, 3.05) is 20.8 Å². The standard InChI is InChI=1S/C22H27NO4/c1-23(21(24)15-27-22(25)12-16-5-3-4-6-16)14-17-7-8-19-13-20(26-2)10-9-18(19)11-17/h7-11,13,16H,3-6,12,14-15H2,1-2H3. The van der Waals surface area contributed by atoms with Gasteiger partial charge in [-0.05, 0) is 53.3 Å². The lowest BCUT2D eigenvalue weighted by Crippen LogP contribution is -2.31. The van der Waals surface area contributed by atoms with Crippen molar-refractivity contribution in [3.05, 3.63) is 42.0 Å². The van der Waals surface area contributed by atoms with Crippen molar-refractivity contribution >= 4 is 22.6 Å². The van der Waals surface area contributed by atoms with Gasteiger partial charge in [0.25, 0.3) is 5.91 Å². The van der Waals surface area contributed by atoms with E-state index in [1.165, 1.54) is 12.8 Å². The number of benzene rings is 2. The number of amides is 1. The quantitative estimate of drug-likeness (QED) is 0.694. The normalized spacial score (nSPS) is 14.3. The molecule has 2 aromatic rings. The van der Waals surface area contributed by atoms with E-state index < -0.39 is 0 Å². The highest BCUT2D eigenvalue weighted by Gasteiger charge is 2.20. The van der Waals surface area contributed by atoms with Gasteiger partial charge < -0.3 is 14.4 Å². The molecule has 1 fully saturated rings. The first-order valence-electron chi connectivity index (χ1n) is 9.51. The zero-order valence-corrected chi connectivity index (χ0v) is 16.1. The molecule has 144 valence electrons. The van der Waals surface area contributed by atoms with Crippen molar-refractivity contribution < 1.29 is 19.1 Å². The summed E-state index contributed by atoms with van der Waals surface area (Å²) in [6, 6.07) is 12.0. The second-order valence-electron chi connectivity index (χ2n) is 7.31. The number of likely N-dealkylation sites (N-methyl/N-ethyl adjacent to an activating group) is 1. The molecule has 0 bridgehead atoms. The third kappa shape index (κ3) is 5.22. The fraction of sp³-hybridized carbons (Fsp3) is 0.455. The fourth-order valence-corrected chi connectivity index (χ4v) is 3.62. The molecule has 27 heavy (non-hydrogen) atoms. The van der Waals surface area contributed by atoms with Crippen LogP contribution in [0.5, 0.6) is 5.75 Å². The van der Waals surface area contributed by atoms with Gasteiger partial charge >= 0.3 is 5.97 Å². The van der Waals surface area contributed by atoms with Crippen LogP contribution in [0.3, 0.4) is 0 Å². The van der Waals surface area contributed by atoms with Crippen LogP contribution in [0.2, 0.25) is 0 Å². The molecule has 0 radical (unpaired) electrons. The van der Waals surface area contributed by atoms with Crippen molar-refractivity contribution in [2.45, 2.75) is 38.6 Å². The topological polar surface area (TPSA) is 55.8 Å². The van der Waals surface area contributed by atoms with Crippen LogP contribution < -0.4 is 4.74 Å². The summed E-state index contributed by atoms with van der Waals surface area (Å²) >= 11 is 0.